The maximum Gasteiger partial charge on any atom is 0.341 e. The summed E-state index contributed by atoms with van der Waals surface area (Å²) >= 11 is 0. The number of ether oxygens (including phenoxy) is 1. The smallest absolute Gasteiger partial charge is 0.341 e. The van der Waals surface area contributed by atoms with Crippen LogP contribution >= 0.6 is 0 Å². The Kier molecular flexibility index (Phi) is 3.19. The summed E-state index contributed by atoms with van der Waals surface area (Å²) in [5.74, 6) is -2.01. The molecular formula is C13H9FN4O3. The molecule has 0 aliphatic rings. The van der Waals surface area contributed by atoms with Crippen molar-refractivity contribution in [2.24, 2.45) is 0 Å². The molecular weight excluding hydrogens is 279 g/mol. The topological polar surface area (TPSA) is 89.6 Å². The zero-order chi connectivity index (χ0) is 14.8. The molecule has 7 nitrogen and oxygen atoms in total. The summed E-state index contributed by atoms with van der Waals surface area (Å²) in [6.45, 7) is -0.576. The van der Waals surface area contributed by atoms with E-state index in [-0.39, 0.29) is 11.4 Å². The lowest BCUT2D eigenvalue weighted by Gasteiger charge is -2.05. The lowest BCUT2D eigenvalue weighted by molar-refractivity contribution is -0.139. The molecule has 3 aromatic rings. The largest absolute Gasteiger partial charge is 0.479 e. The van der Waals surface area contributed by atoms with Gasteiger partial charge in [0, 0.05) is 18.5 Å². The molecule has 0 spiro atoms. The highest BCUT2D eigenvalue weighted by molar-refractivity contribution is 5.68. The minimum absolute atomic E-state index is 0.0888. The lowest BCUT2D eigenvalue weighted by atomic mass is 10.2. The van der Waals surface area contributed by atoms with Crippen molar-refractivity contribution in [1.82, 2.24) is 19.4 Å². The summed E-state index contributed by atoms with van der Waals surface area (Å²) in [7, 11) is 0. The molecule has 0 bridgehead atoms. The van der Waals surface area contributed by atoms with Gasteiger partial charge in [0.15, 0.2) is 12.3 Å². The van der Waals surface area contributed by atoms with Crippen LogP contribution in [0.15, 0.2) is 36.9 Å². The highest BCUT2D eigenvalue weighted by atomic mass is 19.1. The molecule has 3 heterocycles. The molecule has 0 saturated heterocycles. The number of fused-ring (bicyclic) bond motifs is 1. The molecule has 0 aliphatic carbocycles. The molecule has 21 heavy (non-hydrogen) atoms. The minimum Gasteiger partial charge on any atom is -0.479 e. The molecule has 0 aliphatic heterocycles. The van der Waals surface area contributed by atoms with Crippen molar-refractivity contribution in [3.63, 3.8) is 0 Å². The van der Waals surface area contributed by atoms with Gasteiger partial charge in [0.1, 0.15) is 0 Å². The van der Waals surface area contributed by atoms with E-state index < -0.39 is 18.5 Å². The third-order valence-electron chi connectivity index (χ3n) is 2.76. The van der Waals surface area contributed by atoms with Gasteiger partial charge in [-0.3, -0.25) is 9.38 Å². The Bertz CT molecular complexity index is 818. The van der Waals surface area contributed by atoms with E-state index in [1.165, 1.54) is 18.3 Å². The Balaban J connectivity index is 1.97. The van der Waals surface area contributed by atoms with Crippen molar-refractivity contribution in [1.29, 1.82) is 0 Å². The van der Waals surface area contributed by atoms with Gasteiger partial charge in [-0.15, -0.1) is 0 Å². The first-order valence-electron chi connectivity index (χ1n) is 5.94. The van der Waals surface area contributed by atoms with Gasteiger partial charge in [-0.25, -0.2) is 9.78 Å². The standard InChI is InChI=1S/C13H9FN4O3/c14-13-8(1-2-11(17-13)21-7-12(19)20)9-5-16-10-6-15-3-4-18(9)10/h1-6H,7H2,(H,19,20). The fraction of sp³-hybridized carbons (Fsp3) is 0.0769. The molecule has 106 valence electrons. The number of rotatable bonds is 4. The number of hydrogen-bond acceptors (Lipinski definition) is 5. The number of carbonyl (C=O) groups is 1. The van der Waals surface area contributed by atoms with E-state index >= 15 is 0 Å². The molecule has 0 radical (unpaired) electrons. The van der Waals surface area contributed by atoms with Crippen molar-refractivity contribution < 1.29 is 19.0 Å². The van der Waals surface area contributed by atoms with E-state index in [4.69, 9.17) is 9.84 Å². The third-order valence-corrected chi connectivity index (χ3v) is 2.76. The minimum atomic E-state index is -1.16. The summed E-state index contributed by atoms with van der Waals surface area (Å²) in [6, 6.07) is 2.87. The van der Waals surface area contributed by atoms with Gasteiger partial charge in [-0.2, -0.15) is 9.37 Å². The first-order chi connectivity index (χ1) is 10.1. The van der Waals surface area contributed by atoms with Gasteiger partial charge >= 0.3 is 5.97 Å². The van der Waals surface area contributed by atoms with E-state index in [9.17, 15) is 9.18 Å². The Labute approximate surface area is 117 Å². The number of carboxylic acid groups (broad SMARTS) is 1. The van der Waals surface area contributed by atoms with Gasteiger partial charge in [-0.05, 0) is 6.07 Å². The molecule has 3 rings (SSSR count). The molecule has 3 aromatic heterocycles. The number of nitrogens with zero attached hydrogens (tertiary/aromatic N) is 4. The van der Waals surface area contributed by atoms with E-state index in [2.05, 4.69) is 15.0 Å². The molecule has 0 amide bonds. The normalized spacial score (nSPS) is 10.7. The Morgan fingerprint density at radius 3 is 3.00 bits per heavy atom. The van der Waals surface area contributed by atoms with Crippen LogP contribution in [-0.2, 0) is 4.79 Å². The van der Waals surface area contributed by atoms with Crippen LogP contribution in [0.3, 0.4) is 0 Å². The van der Waals surface area contributed by atoms with Gasteiger partial charge in [0.2, 0.25) is 11.8 Å². The molecule has 0 saturated carbocycles. The summed E-state index contributed by atoms with van der Waals surface area (Å²) in [4.78, 5) is 22.0. The van der Waals surface area contributed by atoms with Crippen LogP contribution in [0.4, 0.5) is 4.39 Å². The van der Waals surface area contributed by atoms with E-state index in [1.807, 2.05) is 0 Å². The Morgan fingerprint density at radius 2 is 2.24 bits per heavy atom. The predicted octanol–water partition coefficient (Wildman–Crippen LogP) is 1.39. The highest BCUT2D eigenvalue weighted by Crippen LogP contribution is 2.24. The van der Waals surface area contributed by atoms with Gasteiger partial charge < -0.3 is 9.84 Å². The van der Waals surface area contributed by atoms with Crippen LogP contribution in [0.1, 0.15) is 0 Å². The summed E-state index contributed by atoms with van der Waals surface area (Å²) < 4.78 is 20.6. The number of halogens is 1. The summed E-state index contributed by atoms with van der Waals surface area (Å²) in [6.07, 6.45) is 6.29. The Hall–Kier alpha value is -3.03. The van der Waals surface area contributed by atoms with Crippen LogP contribution in [0.2, 0.25) is 0 Å². The van der Waals surface area contributed by atoms with Gasteiger partial charge in [0.05, 0.1) is 23.7 Å². The lowest BCUT2D eigenvalue weighted by Crippen LogP contribution is -2.10. The van der Waals surface area contributed by atoms with Crippen molar-refractivity contribution in [3.8, 4) is 17.1 Å². The van der Waals surface area contributed by atoms with Gasteiger partial charge in [-0.1, -0.05) is 0 Å². The van der Waals surface area contributed by atoms with Crippen molar-refractivity contribution in [2.75, 3.05) is 6.61 Å². The maximum absolute atomic E-state index is 14.1. The molecule has 1 N–H and O–H groups in total. The van der Waals surface area contributed by atoms with Crippen LogP contribution in [-0.4, -0.2) is 37.0 Å². The number of carboxylic acids is 1. The zero-order valence-corrected chi connectivity index (χ0v) is 10.6. The summed E-state index contributed by atoms with van der Waals surface area (Å²) in [5.41, 5.74) is 1.33. The molecule has 0 aromatic carbocycles. The molecule has 0 fully saturated rings. The average Bonchev–Trinajstić information content (AvgIpc) is 2.89. The van der Waals surface area contributed by atoms with E-state index in [1.54, 1.807) is 23.0 Å². The SMILES string of the molecule is O=C(O)COc1ccc(-c2cnc3cnccn23)c(F)n1. The molecule has 0 atom stereocenters. The second-order valence-corrected chi connectivity index (χ2v) is 4.12. The van der Waals surface area contributed by atoms with E-state index in [0.717, 1.165) is 0 Å². The Morgan fingerprint density at radius 1 is 1.38 bits per heavy atom. The number of aromatic nitrogens is 4. The second kappa shape index (κ2) is 5.16. The van der Waals surface area contributed by atoms with Crippen LogP contribution in [0.5, 0.6) is 5.88 Å². The van der Waals surface area contributed by atoms with Crippen molar-refractivity contribution in [3.05, 3.63) is 42.9 Å². The number of aliphatic carboxylic acids is 1. The van der Waals surface area contributed by atoms with E-state index in [0.29, 0.717) is 11.3 Å². The van der Waals surface area contributed by atoms with Crippen LogP contribution in [0, 0.1) is 5.95 Å². The zero-order valence-electron chi connectivity index (χ0n) is 10.6. The number of imidazole rings is 1. The molecule has 8 heteroatoms. The quantitative estimate of drug-likeness (QED) is 0.730. The van der Waals surface area contributed by atoms with Crippen LogP contribution < -0.4 is 4.74 Å². The first kappa shape index (κ1) is 13.0. The van der Waals surface area contributed by atoms with Crippen molar-refractivity contribution >= 4 is 11.6 Å². The fourth-order valence-corrected chi connectivity index (χ4v) is 1.87. The fourth-order valence-electron chi connectivity index (χ4n) is 1.87. The number of hydrogen-bond donors (Lipinski definition) is 1. The third kappa shape index (κ3) is 2.50. The maximum atomic E-state index is 14.1. The highest BCUT2D eigenvalue weighted by Gasteiger charge is 2.13. The predicted molar refractivity (Wildman–Crippen MR) is 69.3 cm³/mol. The monoisotopic (exact) mass is 288 g/mol. The number of pyridine rings is 1. The molecule has 0 unspecified atom stereocenters. The van der Waals surface area contributed by atoms with Crippen LogP contribution in [0.25, 0.3) is 16.9 Å². The average molecular weight is 288 g/mol. The van der Waals surface area contributed by atoms with Crippen molar-refractivity contribution in [2.45, 2.75) is 0 Å². The summed E-state index contributed by atoms with van der Waals surface area (Å²) in [5, 5.41) is 8.50. The van der Waals surface area contributed by atoms with Gasteiger partial charge in [0.25, 0.3) is 0 Å². The second-order valence-electron chi connectivity index (χ2n) is 4.12. The first-order valence-corrected chi connectivity index (χ1v) is 5.94.